The monoisotopic (exact) mass is 239 g/mol. The van der Waals surface area contributed by atoms with Crippen molar-refractivity contribution in [1.82, 2.24) is 15.3 Å². The summed E-state index contributed by atoms with van der Waals surface area (Å²) in [5.41, 5.74) is -0.413. The lowest BCUT2D eigenvalue weighted by Crippen LogP contribution is -2.34. The van der Waals surface area contributed by atoms with E-state index in [0.717, 1.165) is 19.2 Å². The fourth-order valence-corrected chi connectivity index (χ4v) is 1.56. The molecule has 1 amide bonds. The molecule has 4 N–H and O–H groups in total. The van der Waals surface area contributed by atoms with E-state index >= 15 is 0 Å². The maximum absolute atomic E-state index is 11.6. The zero-order valence-electron chi connectivity index (χ0n) is 9.01. The smallest absolute Gasteiger partial charge is 0.354 e. The average Bonchev–Trinajstić information content (AvgIpc) is 3.02. The number of aromatic amines is 1. The predicted octanol–water partition coefficient (Wildman–Crippen LogP) is -0.391. The van der Waals surface area contributed by atoms with Crippen molar-refractivity contribution in [3.8, 4) is 0 Å². The fourth-order valence-electron chi connectivity index (χ4n) is 1.56. The minimum Gasteiger partial charge on any atom is -0.477 e. The van der Waals surface area contributed by atoms with E-state index in [0.29, 0.717) is 0 Å². The quantitative estimate of drug-likeness (QED) is 0.558. The summed E-state index contributed by atoms with van der Waals surface area (Å²) in [4.78, 5) is 28.4. The third-order valence-electron chi connectivity index (χ3n) is 2.71. The minimum absolute atomic E-state index is 0.120. The molecule has 1 aliphatic rings. The first-order chi connectivity index (χ1) is 8.09. The van der Waals surface area contributed by atoms with Crippen LogP contribution >= 0.6 is 0 Å². The largest absolute Gasteiger partial charge is 0.477 e. The van der Waals surface area contributed by atoms with Crippen molar-refractivity contribution in [3.63, 3.8) is 0 Å². The van der Waals surface area contributed by atoms with Crippen molar-refractivity contribution < 1.29 is 19.8 Å². The Morgan fingerprint density at radius 2 is 2.29 bits per heavy atom. The van der Waals surface area contributed by atoms with Gasteiger partial charge in [0, 0.05) is 6.54 Å². The SMILES string of the molecule is O=C(NCC(O)C1CC1)c1nc[nH]c1C(=O)O. The van der Waals surface area contributed by atoms with Gasteiger partial charge in [0.2, 0.25) is 0 Å². The number of carbonyl (C=O) groups is 2. The van der Waals surface area contributed by atoms with E-state index in [1.807, 2.05) is 0 Å². The van der Waals surface area contributed by atoms with E-state index in [-0.39, 0.29) is 23.9 Å². The van der Waals surface area contributed by atoms with Crippen LogP contribution in [0.2, 0.25) is 0 Å². The Balaban J connectivity index is 1.94. The van der Waals surface area contributed by atoms with E-state index in [1.165, 1.54) is 0 Å². The Bertz CT molecular complexity index is 439. The van der Waals surface area contributed by atoms with Gasteiger partial charge in [0.1, 0.15) is 0 Å². The molecule has 0 bridgehead atoms. The molecule has 92 valence electrons. The van der Waals surface area contributed by atoms with Gasteiger partial charge in [-0.1, -0.05) is 0 Å². The Labute approximate surface area is 96.9 Å². The zero-order chi connectivity index (χ0) is 12.4. The summed E-state index contributed by atoms with van der Waals surface area (Å²) in [6.45, 7) is 0.120. The van der Waals surface area contributed by atoms with Crippen LogP contribution in [0.25, 0.3) is 0 Å². The number of aliphatic hydroxyl groups is 1. The lowest BCUT2D eigenvalue weighted by atomic mass is 10.2. The molecule has 2 rings (SSSR count). The summed E-state index contributed by atoms with van der Waals surface area (Å²) in [7, 11) is 0. The third kappa shape index (κ3) is 2.62. The van der Waals surface area contributed by atoms with Crippen LogP contribution in [0.3, 0.4) is 0 Å². The number of rotatable bonds is 5. The molecule has 0 aliphatic heterocycles. The molecule has 0 saturated heterocycles. The number of amides is 1. The maximum Gasteiger partial charge on any atom is 0.354 e. The number of carboxylic acid groups (broad SMARTS) is 1. The molecule has 1 unspecified atom stereocenters. The number of nitrogens with zero attached hydrogens (tertiary/aromatic N) is 1. The molecule has 7 nitrogen and oxygen atoms in total. The molecular formula is C10H13N3O4. The summed E-state index contributed by atoms with van der Waals surface area (Å²) >= 11 is 0. The molecule has 1 atom stereocenters. The maximum atomic E-state index is 11.6. The molecule has 0 radical (unpaired) electrons. The topological polar surface area (TPSA) is 115 Å². The summed E-state index contributed by atoms with van der Waals surface area (Å²) in [6, 6.07) is 0. The molecule has 1 aliphatic carbocycles. The number of H-pyrrole nitrogens is 1. The Morgan fingerprint density at radius 1 is 1.59 bits per heavy atom. The molecule has 1 aromatic heterocycles. The highest BCUT2D eigenvalue weighted by Crippen LogP contribution is 2.32. The van der Waals surface area contributed by atoms with Gasteiger partial charge in [-0.25, -0.2) is 9.78 Å². The number of carboxylic acids is 1. The number of aromatic carboxylic acids is 1. The van der Waals surface area contributed by atoms with Crippen molar-refractivity contribution in [3.05, 3.63) is 17.7 Å². The normalized spacial score (nSPS) is 16.5. The highest BCUT2D eigenvalue weighted by molar-refractivity contribution is 6.02. The number of carbonyl (C=O) groups excluding carboxylic acids is 1. The molecule has 0 aromatic carbocycles. The minimum atomic E-state index is -1.24. The van der Waals surface area contributed by atoms with Gasteiger partial charge >= 0.3 is 5.97 Å². The average molecular weight is 239 g/mol. The number of hydrogen-bond acceptors (Lipinski definition) is 4. The van der Waals surface area contributed by atoms with Crippen LogP contribution in [-0.4, -0.2) is 44.7 Å². The first kappa shape index (κ1) is 11.6. The van der Waals surface area contributed by atoms with Crippen LogP contribution in [0.5, 0.6) is 0 Å². The molecule has 1 aromatic rings. The number of aromatic nitrogens is 2. The van der Waals surface area contributed by atoms with Gasteiger partial charge in [0.05, 0.1) is 12.4 Å². The highest BCUT2D eigenvalue weighted by Gasteiger charge is 2.30. The van der Waals surface area contributed by atoms with Crippen molar-refractivity contribution in [1.29, 1.82) is 0 Å². The first-order valence-corrected chi connectivity index (χ1v) is 5.32. The van der Waals surface area contributed by atoms with Crippen molar-refractivity contribution in [2.24, 2.45) is 5.92 Å². The number of imidazole rings is 1. The van der Waals surface area contributed by atoms with Crippen molar-refractivity contribution in [2.45, 2.75) is 18.9 Å². The van der Waals surface area contributed by atoms with Crippen LogP contribution in [-0.2, 0) is 0 Å². The van der Waals surface area contributed by atoms with Crippen LogP contribution in [0.15, 0.2) is 6.33 Å². The van der Waals surface area contributed by atoms with Crippen LogP contribution in [0.4, 0.5) is 0 Å². The Kier molecular flexibility index (Phi) is 3.10. The van der Waals surface area contributed by atoms with Gasteiger partial charge in [-0.2, -0.15) is 0 Å². The first-order valence-electron chi connectivity index (χ1n) is 5.32. The molecule has 1 heterocycles. The summed E-state index contributed by atoms with van der Waals surface area (Å²) < 4.78 is 0. The van der Waals surface area contributed by atoms with Crippen LogP contribution < -0.4 is 5.32 Å². The van der Waals surface area contributed by atoms with Crippen LogP contribution in [0, 0.1) is 5.92 Å². The van der Waals surface area contributed by atoms with Gasteiger partial charge in [-0.3, -0.25) is 4.79 Å². The molecule has 1 fully saturated rings. The van der Waals surface area contributed by atoms with Gasteiger partial charge < -0.3 is 20.5 Å². The fraction of sp³-hybridized carbons (Fsp3) is 0.500. The van der Waals surface area contributed by atoms with Gasteiger partial charge in [0.25, 0.3) is 5.91 Å². The van der Waals surface area contributed by atoms with E-state index in [2.05, 4.69) is 15.3 Å². The zero-order valence-corrected chi connectivity index (χ0v) is 9.01. The number of nitrogens with one attached hydrogen (secondary N) is 2. The molecule has 0 spiro atoms. The molecule has 7 heteroatoms. The van der Waals surface area contributed by atoms with Gasteiger partial charge in [0.15, 0.2) is 11.4 Å². The summed E-state index contributed by atoms with van der Waals surface area (Å²) in [5.74, 6) is -1.58. The van der Waals surface area contributed by atoms with Gasteiger partial charge in [-0.15, -0.1) is 0 Å². The number of hydrogen-bond donors (Lipinski definition) is 4. The lowest BCUT2D eigenvalue weighted by molar-refractivity contribution is 0.0684. The molecular weight excluding hydrogens is 226 g/mol. The van der Waals surface area contributed by atoms with Crippen LogP contribution in [0.1, 0.15) is 33.8 Å². The molecule has 1 saturated carbocycles. The van der Waals surface area contributed by atoms with E-state index < -0.39 is 18.0 Å². The number of aliphatic hydroxyl groups excluding tert-OH is 1. The second kappa shape index (κ2) is 4.54. The summed E-state index contributed by atoms with van der Waals surface area (Å²) in [5, 5.41) is 20.8. The lowest BCUT2D eigenvalue weighted by Gasteiger charge is -2.09. The Morgan fingerprint density at radius 3 is 2.88 bits per heavy atom. The van der Waals surface area contributed by atoms with E-state index in [1.54, 1.807) is 0 Å². The summed E-state index contributed by atoms with van der Waals surface area (Å²) in [6.07, 6.45) is 2.53. The Hall–Kier alpha value is -1.89. The van der Waals surface area contributed by atoms with E-state index in [4.69, 9.17) is 5.11 Å². The van der Waals surface area contributed by atoms with Crippen molar-refractivity contribution >= 4 is 11.9 Å². The second-order valence-corrected chi connectivity index (χ2v) is 4.05. The predicted molar refractivity (Wildman–Crippen MR) is 56.6 cm³/mol. The third-order valence-corrected chi connectivity index (χ3v) is 2.71. The van der Waals surface area contributed by atoms with Gasteiger partial charge in [-0.05, 0) is 18.8 Å². The van der Waals surface area contributed by atoms with Crippen molar-refractivity contribution in [2.75, 3.05) is 6.54 Å². The second-order valence-electron chi connectivity index (χ2n) is 4.05. The molecule has 17 heavy (non-hydrogen) atoms. The highest BCUT2D eigenvalue weighted by atomic mass is 16.4. The van der Waals surface area contributed by atoms with E-state index in [9.17, 15) is 14.7 Å². The standard InChI is InChI=1S/C10H13N3O4/c14-6(5-1-2-5)3-11-9(15)7-8(10(16)17)13-4-12-7/h4-6,14H,1-3H2,(H,11,15)(H,12,13)(H,16,17).